The molecule has 1 rings (SSSR count). The molecule has 0 aliphatic carbocycles. The number of hydrogen-bond acceptors (Lipinski definition) is 4. The van der Waals surface area contributed by atoms with E-state index in [-0.39, 0.29) is 11.5 Å². The molecule has 0 aliphatic rings. The predicted octanol–water partition coefficient (Wildman–Crippen LogP) is 3.46. The van der Waals surface area contributed by atoms with Gasteiger partial charge in [-0.05, 0) is 44.2 Å². The molecule has 4 nitrogen and oxygen atoms in total. The van der Waals surface area contributed by atoms with Gasteiger partial charge in [0, 0.05) is 12.5 Å². The highest BCUT2D eigenvalue weighted by Crippen LogP contribution is 2.29. The quantitative estimate of drug-likeness (QED) is 0.310. The fraction of sp³-hybridized carbons (Fsp3) is 0.412. The Balaban J connectivity index is 2.71. The van der Waals surface area contributed by atoms with E-state index in [0.29, 0.717) is 30.8 Å². The molecule has 0 aromatic heterocycles. The normalized spacial score (nSPS) is 10.1. The van der Waals surface area contributed by atoms with E-state index in [9.17, 15) is 14.7 Å². The van der Waals surface area contributed by atoms with Crippen molar-refractivity contribution in [2.24, 2.45) is 0 Å². The Morgan fingerprint density at radius 3 is 2.71 bits per heavy atom. The van der Waals surface area contributed by atoms with Gasteiger partial charge in [0.25, 0.3) is 0 Å². The van der Waals surface area contributed by atoms with Crippen molar-refractivity contribution in [2.75, 3.05) is 6.61 Å². The summed E-state index contributed by atoms with van der Waals surface area (Å²) in [6, 6.07) is 3.14. The van der Waals surface area contributed by atoms with Crippen molar-refractivity contribution in [3.8, 4) is 11.5 Å². The number of ether oxygens (including phenoxy) is 1. The number of hydrogen-bond donors (Lipinski definition) is 1. The molecule has 0 amide bonds. The van der Waals surface area contributed by atoms with E-state index in [1.165, 1.54) is 13.0 Å². The molecule has 0 saturated carbocycles. The minimum Gasteiger partial charge on any atom is -0.507 e. The average Bonchev–Trinajstić information content (AvgIpc) is 2.44. The fourth-order valence-corrected chi connectivity index (χ4v) is 2.03. The standard InChI is InChI=1S/C17H22O4/c1-3-8-14-11-15(13(2)19)16(20)12-17(14)21-10-7-5-4-6-9-18/h3,9,11-12,20H,1,4-8,10H2,2H3. The van der Waals surface area contributed by atoms with E-state index < -0.39 is 0 Å². The number of phenols is 1. The van der Waals surface area contributed by atoms with Crippen molar-refractivity contribution in [2.45, 2.75) is 39.0 Å². The second-order valence-electron chi connectivity index (χ2n) is 4.89. The first-order chi connectivity index (χ1) is 10.1. The Labute approximate surface area is 125 Å². The third-order valence-electron chi connectivity index (χ3n) is 3.15. The molecule has 0 fully saturated rings. The van der Waals surface area contributed by atoms with Crippen LogP contribution in [0.3, 0.4) is 0 Å². The van der Waals surface area contributed by atoms with Crippen LogP contribution >= 0.6 is 0 Å². The van der Waals surface area contributed by atoms with Crippen molar-refractivity contribution in [3.63, 3.8) is 0 Å². The van der Waals surface area contributed by atoms with E-state index in [0.717, 1.165) is 31.1 Å². The van der Waals surface area contributed by atoms with Crippen molar-refractivity contribution in [3.05, 3.63) is 35.9 Å². The summed E-state index contributed by atoms with van der Waals surface area (Å²) in [7, 11) is 0. The van der Waals surface area contributed by atoms with Crippen LogP contribution in [-0.2, 0) is 11.2 Å². The highest BCUT2D eigenvalue weighted by Gasteiger charge is 2.12. The number of ketones is 1. The summed E-state index contributed by atoms with van der Waals surface area (Å²) < 4.78 is 5.68. The summed E-state index contributed by atoms with van der Waals surface area (Å²) in [4.78, 5) is 21.6. The molecule has 0 heterocycles. The van der Waals surface area contributed by atoms with Crippen LogP contribution in [-0.4, -0.2) is 23.8 Å². The van der Waals surface area contributed by atoms with E-state index in [1.54, 1.807) is 12.1 Å². The monoisotopic (exact) mass is 290 g/mol. The molecule has 1 N–H and O–H groups in total. The van der Waals surface area contributed by atoms with Crippen LogP contribution in [0, 0.1) is 0 Å². The lowest BCUT2D eigenvalue weighted by Crippen LogP contribution is -2.03. The molecule has 0 saturated heterocycles. The van der Waals surface area contributed by atoms with Crippen molar-refractivity contribution in [1.29, 1.82) is 0 Å². The second-order valence-corrected chi connectivity index (χ2v) is 4.89. The molecule has 0 radical (unpaired) electrons. The van der Waals surface area contributed by atoms with Crippen molar-refractivity contribution >= 4 is 12.1 Å². The maximum Gasteiger partial charge on any atom is 0.163 e. The number of rotatable bonds is 10. The molecule has 0 spiro atoms. The van der Waals surface area contributed by atoms with E-state index >= 15 is 0 Å². The number of aldehydes is 1. The largest absolute Gasteiger partial charge is 0.507 e. The Kier molecular flexibility index (Phi) is 7.23. The lowest BCUT2D eigenvalue weighted by Gasteiger charge is -2.13. The zero-order chi connectivity index (χ0) is 15.7. The van der Waals surface area contributed by atoms with Gasteiger partial charge in [0.2, 0.25) is 0 Å². The summed E-state index contributed by atoms with van der Waals surface area (Å²) in [5, 5.41) is 9.86. The highest BCUT2D eigenvalue weighted by molar-refractivity contribution is 5.97. The third-order valence-corrected chi connectivity index (χ3v) is 3.15. The molecule has 1 aromatic carbocycles. The van der Waals surface area contributed by atoms with Crippen LogP contribution in [0.4, 0.5) is 0 Å². The Bertz CT molecular complexity index is 506. The number of unbranched alkanes of at least 4 members (excludes halogenated alkanes) is 3. The van der Waals surface area contributed by atoms with Crippen LogP contribution in [0.1, 0.15) is 48.5 Å². The third kappa shape index (κ3) is 5.42. The second kappa shape index (κ2) is 8.95. The van der Waals surface area contributed by atoms with Gasteiger partial charge in [0.1, 0.15) is 17.8 Å². The van der Waals surface area contributed by atoms with Gasteiger partial charge < -0.3 is 14.6 Å². The molecule has 0 unspecified atom stereocenters. The molecule has 4 heteroatoms. The molecular weight excluding hydrogens is 268 g/mol. The number of phenolic OH excluding ortho intramolecular Hbond substituents is 1. The van der Waals surface area contributed by atoms with E-state index in [1.807, 2.05) is 0 Å². The first-order valence-corrected chi connectivity index (χ1v) is 7.14. The Hall–Kier alpha value is -2.10. The van der Waals surface area contributed by atoms with Gasteiger partial charge in [0.15, 0.2) is 5.78 Å². The van der Waals surface area contributed by atoms with Gasteiger partial charge in [0.05, 0.1) is 12.2 Å². The molecule has 0 aliphatic heterocycles. The summed E-state index contributed by atoms with van der Waals surface area (Å²) >= 11 is 0. The number of benzene rings is 1. The lowest BCUT2D eigenvalue weighted by molar-refractivity contribution is -0.107. The Morgan fingerprint density at radius 1 is 1.33 bits per heavy atom. The highest BCUT2D eigenvalue weighted by atomic mass is 16.5. The van der Waals surface area contributed by atoms with Gasteiger partial charge in [-0.15, -0.1) is 6.58 Å². The first-order valence-electron chi connectivity index (χ1n) is 7.14. The van der Waals surface area contributed by atoms with Crippen LogP contribution < -0.4 is 4.74 Å². The SMILES string of the molecule is C=CCc1cc(C(C)=O)c(O)cc1OCCCCCC=O. The average molecular weight is 290 g/mol. The minimum atomic E-state index is -0.182. The summed E-state index contributed by atoms with van der Waals surface area (Å²) in [5.74, 6) is 0.331. The summed E-state index contributed by atoms with van der Waals surface area (Å²) in [6.07, 6.45) is 6.43. The van der Waals surface area contributed by atoms with Gasteiger partial charge in [-0.2, -0.15) is 0 Å². The predicted molar refractivity (Wildman–Crippen MR) is 82.0 cm³/mol. The number of allylic oxidation sites excluding steroid dienone is 1. The van der Waals surface area contributed by atoms with Gasteiger partial charge in [-0.25, -0.2) is 0 Å². The molecule has 0 bridgehead atoms. The topological polar surface area (TPSA) is 63.6 Å². The van der Waals surface area contributed by atoms with Gasteiger partial charge >= 0.3 is 0 Å². The van der Waals surface area contributed by atoms with Gasteiger partial charge in [-0.1, -0.05) is 6.08 Å². The van der Waals surface area contributed by atoms with Crippen molar-refractivity contribution in [1.82, 2.24) is 0 Å². The van der Waals surface area contributed by atoms with Crippen molar-refractivity contribution < 1.29 is 19.4 Å². The van der Waals surface area contributed by atoms with Gasteiger partial charge in [-0.3, -0.25) is 4.79 Å². The zero-order valence-corrected chi connectivity index (χ0v) is 12.4. The molecule has 114 valence electrons. The smallest absolute Gasteiger partial charge is 0.163 e. The summed E-state index contributed by atoms with van der Waals surface area (Å²) in [6.45, 7) is 5.62. The summed E-state index contributed by atoms with van der Waals surface area (Å²) in [5.41, 5.74) is 1.13. The molecule has 21 heavy (non-hydrogen) atoms. The number of carbonyl (C=O) groups is 2. The van der Waals surface area contributed by atoms with Crippen LogP contribution in [0.15, 0.2) is 24.8 Å². The molecule has 0 atom stereocenters. The number of Topliss-reactive ketones (excluding diaryl/α,β-unsaturated/α-hetero) is 1. The minimum absolute atomic E-state index is 0.0636. The van der Waals surface area contributed by atoms with E-state index in [4.69, 9.17) is 4.74 Å². The number of aromatic hydroxyl groups is 1. The van der Waals surface area contributed by atoms with Crippen LogP contribution in [0.2, 0.25) is 0 Å². The Morgan fingerprint density at radius 2 is 2.10 bits per heavy atom. The zero-order valence-electron chi connectivity index (χ0n) is 12.4. The van der Waals surface area contributed by atoms with E-state index in [2.05, 4.69) is 6.58 Å². The molecular formula is C17H22O4. The maximum absolute atomic E-state index is 11.4. The maximum atomic E-state index is 11.4. The van der Waals surface area contributed by atoms with Crippen LogP contribution in [0.5, 0.6) is 11.5 Å². The number of carbonyl (C=O) groups excluding carboxylic acids is 2. The fourth-order valence-electron chi connectivity index (χ4n) is 2.03. The first kappa shape index (κ1) is 17.0. The lowest BCUT2D eigenvalue weighted by atomic mass is 10.0. The molecule has 1 aromatic rings. The van der Waals surface area contributed by atoms with Crippen LogP contribution in [0.25, 0.3) is 0 Å².